The van der Waals surface area contributed by atoms with Crippen molar-refractivity contribution in [3.63, 3.8) is 0 Å². The number of nitrogens with two attached hydrogens (primary N) is 3. The van der Waals surface area contributed by atoms with Crippen LogP contribution in [0, 0.1) is 11.8 Å². The van der Waals surface area contributed by atoms with Crippen LogP contribution >= 0.6 is 11.8 Å². The molecule has 0 unspecified atom stereocenters. The molecule has 0 spiro atoms. The predicted molar refractivity (Wildman–Crippen MR) is 492 cm³/mol. The molecule has 0 bridgehead atoms. The molecule has 3 aliphatic heterocycles. The third-order valence-corrected chi connectivity index (χ3v) is 25.1. The second-order valence-electron chi connectivity index (χ2n) is 35.0. The van der Waals surface area contributed by atoms with Gasteiger partial charge < -0.3 is 120 Å². The van der Waals surface area contributed by atoms with Crippen molar-refractivity contribution in [1.29, 1.82) is 0 Å². The lowest BCUT2D eigenvalue weighted by molar-refractivity contribution is -0.149. The summed E-state index contributed by atoms with van der Waals surface area (Å²) in [7, 11) is 3.92. The number of benzene rings is 3. The summed E-state index contributed by atoms with van der Waals surface area (Å²) in [6.07, 6.45) is 3.09. The minimum atomic E-state index is -1.87. The summed E-state index contributed by atoms with van der Waals surface area (Å²) in [5.41, 5.74) is 20.3. The van der Waals surface area contributed by atoms with Crippen LogP contribution in [-0.4, -0.2) is 306 Å². The van der Waals surface area contributed by atoms with Gasteiger partial charge in [-0.1, -0.05) is 116 Å². The Balaban J connectivity index is 1.20. The van der Waals surface area contributed by atoms with E-state index in [1.807, 2.05) is 13.8 Å². The number of para-hydroxylation sites is 2. The number of phenols is 1. The summed E-state index contributed by atoms with van der Waals surface area (Å²) in [5.74, 6) is -18.8. The number of aromatic nitrogens is 2. The van der Waals surface area contributed by atoms with E-state index in [4.69, 9.17) is 17.2 Å². The first-order valence-corrected chi connectivity index (χ1v) is 46.3. The number of carboxylic acid groups (broad SMARTS) is 2. The number of rotatable bonds is 26. The number of unbranched alkanes of at least 4 members (excludes halogenated alkanes) is 2. The third-order valence-electron chi connectivity index (χ3n) is 24.0. The molecule has 5 aromatic rings. The van der Waals surface area contributed by atoms with Gasteiger partial charge >= 0.3 is 11.9 Å². The number of primary amides is 1. The fourth-order valence-electron chi connectivity index (χ4n) is 16.8. The van der Waals surface area contributed by atoms with Crippen molar-refractivity contribution in [1.82, 2.24) is 87.2 Å². The molecule has 0 saturated carbocycles. The van der Waals surface area contributed by atoms with Crippen LogP contribution in [0.25, 0.3) is 21.8 Å². The number of carbonyl (C=O) groups excluding carboxylic acids is 16. The number of thioether (sulfide) groups is 1. The smallest absolute Gasteiger partial charge is 0.323 e. The molecular formula is C91H130N20O21S. The fourth-order valence-corrected chi connectivity index (χ4v) is 17.6. The highest BCUT2D eigenvalue weighted by molar-refractivity contribution is 8.00. The zero-order valence-corrected chi connectivity index (χ0v) is 77.8. The van der Waals surface area contributed by atoms with Crippen molar-refractivity contribution in [2.45, 2.75) is 249 Å². The number of likely N-dealkylation sites (N-methyl/N-ethyl adjacent to an activating group) is 3. The SMILES string of the molecule is CCCC[C@H]1C(=O)N(C)[C@@H](CCCC)C(=O)N[C@@H](CC(C)C)C(=O)N[C@H](C(=O)NCC(N)=O)CSCC(=O)N[C@@H](Cc2ccc(O)cc2)C(=O)N(C)[C@@H](C)C(=O)N[C@@H](CC(=O)O)C(=O)N2CCC[C@H]2C(=O)N[C@@H](CN)C(=O)N[C@@H](CC(C)C)C(=O)N2CCC[C@H]2C(=O)N[C@@H](Cc2c[nH]c3ccccc23)C(=O)N[C@@H](CCN)C(=O)N[C@@H](Cc2cn(CC(=O)O)c3ccccc23)C(=O)N1C. The predicted octanol–water partition coefficient (Wildman–Crippen LogP) is -0.610. The van der Waals surface area contributed by atoms with Gasteiger partial charge in [-0.15, -0.1) is 11.8 Å². The minimum absolute atomic E-state index is 0.00807. The van der Waals surface area contributed by atoms with Crippen molar-refractivity contribution >= 4 is 140 Å². The number of nitrogens with zero attached hydrogens (tertiary/aromatic N) is 6. The highest BCUT2D eigenvalue weighted by atomic mass is 32.2. The number of nitrogens with one attached hydrogen (secondary N) is 11. The Morgan fingerprint density at radius 1 is 0.519 bits per heavy atom. The van der Waals surface area contributed by atoms with Gasteiger partial charge in [-0.05, 0) is 124 Å². The first kappa shape index (κ1) is 106. The molecule has 5 heterocycles. The van der Waals surface area contributed by atoms with E-state index in [2.05, 4.69) is 58.2 Å². The van der Waals surface area contributed by atoms with Gasteiger partial charge in [-0.25, -0.2) is 0 Å². The molecule has 133 heavy (non-hydrogen) atoms. The van der Waals surface area contributed by atoms with Crippen LogP contribution in [0.2, 0.25) is 0 Å². The van der Waals surface area contributed by atoms with Crippen molar-refractivity contribution in [3.05, 3.63) is 102 Å². The molecule has 3 aliphatic rings. The number of H-pyrrole nitrogens is 1. The van der Waals surface area contributed by atoms with E-state index >= 15 is 33.6 Å². The Hall–Kier alpha value is -12.7. The molecule has 16 amide bonds. The van der Waals surface area contributed by atoms with Crippen molar-refractivity contribution in [2.75, 3.05) is 65.4 Å². The van der Waals surface area contributed by atoms with Gasteiger partial charge in [-0.3, -0.25) is 86.3 Å². The quantitative estimate of drug-likeness (QED) is 0.0328. The first-order chi connectivity index (χ1) is 63.2. The number of fused-ring (bicyclic) bond motifs is 4. The van der Waals surface area contributed by atoms with Gasteiger partial charge in [0.25, 0.3) is 0 Å². The maximum absolute atomic E-state index is 16.0. The van der Waals surface area contributed by atoms with Gasteiger partial charge in [0.1, 0.15) is 96.9 Å². The molecule has 2 aromatic heterocycles. The molecule has 3 fully saturated rings. The van der Waals surface area contributed by atoms with Crippen molar-refractivity contribution in [3.8, 4) is 5.75 Å². The topological polar surface area (TPSA) is 603 Å². The number of phenolic OH excluding ortho intramolecular Hbond substituents is 1. The van der Waals surface area contributed by atoms with Crippen LogP contribution in [0.1, 0.15) is 155 Å². The van der Waals surface area contributed by atoms with Gasteiger partial charge in [0.15, 0.2) is 0 Å². The van der Waals surface area contributed by atoms with Gasteiger partial charge in [0.05, 0.1) is 18.7 Å². The maximum atomic E-state index is 16.0. The molecule has 0 radical (unpaired) electrons. The van der Waals surface area contributed by atoms with E-state index in [-0.39, 0.29) is 114 Å². The lowest BCUT2D eigenvalue weighted by Gasteiger charge is -2.36. The average Bonchev–Trinajstić information content (AvgIpc) is 1.63. The van der Waals surface area contributed by atoms with Gasteiger partial charge in [0, 0.05) is 100.0 Å². The van der Waals surface area contributed by atoms with Crippen LogP contribution in [0.4, 0.5) is 0 Å². The summed E-state index contributed by atoms with van der Waals surface area (Å²) >= 11 is 0.781. The van der Waals surface area contributed by atoms with E-state index in [1.54, 1.807) is 82.4 Å². The summed E-state index contributed by atoms with van der Waals surface area (Å²) in [6, 6.07) is -1.59. The Bertz CT molecular complexity index is 5000. The zero-order chi connectivity index (χ0) is 97.8. The zero-order valence-electron chi connectivity index (χ0n) is 77.0. The molecule has 20 N–H and O–H groups in total. The number of amides is 16. The molecule has 41 nitrogen and oxygen atoms in total. The third kappa shape index (κ3) is 29.4. The lowest BCUT2D eigenvalue weighted by Crippen LogP contribution is -2.62. The molecule has 8 rings (SSSR count). The average molecular weight is 1870 g/mol. The second-order valence-corrected chi connectivity index (χ2v) is 36.1. The number of hydrogen-bond donors (Lipinski definition) is 17. The molecule has 0 aliphatic carbocycles. The molecule has 3 saturated heterocycles. The van der Waals surface area contributed by atoms with Gasteiger partial charge in [0.2, 0.25) is 94.5 Å². The number of carbonyl (C=O) groups is 18. The number of aromatic hydroxyl groups is 1. The van der Waals surface area contributed by atoms with Crippen molar-refractivity contribution < 1.29 is 102 Å². The lowest BCUT2D eigenvalue weighted by atomic mass is 9.99. The number of carboxylic acids is 2. The van der Waals surface area contributed by atoms with E-state index < -0.39 is 229 Å². The summed E-state index contributed by atoms with van der Waals surface area (Å²) in [5, 5.41) is 58.3. The summed E-state index contributed by atoms with van der Waals surface area (Å²) in [6.45, 7) is 9.83. The van der Waals surface area contributed by atoms with Crippen molar-refractivity contribution in [2.24, 2.45) is 29.0 Å². The monoisotopic (exact) mass is 1870 g/mol. The standard InChI is InChI=1S/C91H130N20O21S/c1-11-13-24-70-84(125)99-61(37-50(3)4)81(122)105-68(79(120)96-45-74(94)113)48-133-49-75(114)97-64(39-53-29-31-56(112)32-30-53)87(128)106(8)52(7)78(119)101-66(42-76(115)116)90(131)111-36-20-28-72(111)86(127)104-67(43-93)83(124)102-63(38-51(5)6)89(130)110-35-19-27-71(110)85(126)100-62(40-54-44-95-59-23-17-15-21-57(54)59)82(123)98-60(33-34-92)80(121)103-65(88(129)108(10)73(25-14-12-2)91(132)107(70)9)41-55-46-109(47-77(117)118)69-26-18-16-22-58(55)69/h15-18,21-23,26,29-32,44,46,50-52,60-68,70-73,95,112H,11-14,19-20,24-25,27-28,33-43,45,47-49,92-93H2,1-10H3,(H2,94,113)(H,96,120)(H,97,114)(H,98,123)(H,99,125)(H,100,126)(H,101,119)(H,102,124)(H,103,121)(H,104,127)(H,105,122)(H,115,116)(H,117,118)/t52-,60-,61-,62-,63-,64-,65-,66-,67-,68-,70-,71-,72-,73-/m0/s1. The molecule has 726 valence electrons. The van der Waals surface area contributed by atoms with Crippen LogP contribution in [0.15, 0.2) is 85.2 Å². The first-order valence-electron chi connectivity index (χ1n) is 45.2. The van der Waals surface area contributed by atoms with Crippen LogP contribution in [0.3, 0.4) is 0 Å². The Morgan fingerprint density at radius 2 is 1.03 bits per heavy atom. The number of hydrogen-bond acceptors (Lipinski definition) is 22. The highest BCUT2D eigenvalue weighted by Gasteiger charge is 2.46. The van der Waals surface area contributed by atoms with Crippen LogP contribution in [-0.2, 0) is 112 Å². The van der Waals surface area contributed by atoms with E-state index in [9.17, 15) is 68.1 Å². The minimum Gasteiger partial charge on any atom is -0.508 e. The fraction of sp³-hybridized carbons (Fsp3) is 0.560. The highest BCUT2D eigenvalue weighted by Crippen LogP contribution is 2.29. The molecule has 42 heteroatoms. The normalized spacial score (nSPS) is 24.5. The summed E-state index contributed by atoms with van der Waals surface area (Å²) in [4.78, 5) is 270. The van der Waals surface area contributed by atoms with E-state index in [1.165, 1.54) is 72.9 Å². The number of aliphatic carboxylic acids is 2. The molecule has 3 aromatic carbocycles. The largest absolute Gasteiger partial charge is 0.508 e. The van der Waals surface area contributed by atoms with E-state index in [0.29, 0.717) is 64.2 Å². The number of aromatic amines is 1. The van der Waals surface area contributed by atoms with Gasteiger partial charge in [-0.2, -0.15) is 0 Å². The Labute approximate surface area is 775 Å². The molecule has 14 atom stereocenters. The Kier molecular flexibility index (Phi) is 39.9. The van der Waals surface area contributed by atoms with Crippen LogP contribution in [0.5, 0.6) is 5.75 Å². The maximum Gasteiger partial charge on any atom is 0.323 e. The Morgan fingerprint density at radius 3 is 1.63 bits per heavy atom. The van der Waals surface area contributed by atoms with Crippen LogP contribution < -0.4 is 70.4 Å². The second kappa shape index (κ2) is 50.2. The van der Waals surface area contributed by atoms with E-state index in [0.717, 1.165) is 26.5 Å². The molecular weight excluding hydrogens is 1740 g/mol. The summed E-state index contributed by atoms with van der Waals surface area (Å²) < 4.78 is 1.45.